The second-order valence-electron chi connectivity index (χ2n) is 4.63. The number of hydrogen-bond donors (Lipinski definition) is 0. The van der Waals surface area contributed by atoms with E-state index < -0.39 is 0 Å². The monoisotopic (exact) mass is 310 g/mol. The first-order chi connectivity index (χ1) is 11.3. The van der Waals surface area contributed by atoms with Crippen LogP contribution in [0.5, 0.6) is 11.5 Å². The number of carbonyl (C=O) groups excluding carboxylic acids is 1. The van der Waals surface area contributed by atoms with Gasteiger partial charge in [0.25, 0.3) is 0 Å². The molecule has 2 heterocycles. The van der Waals surface area contributed by atoms with Crippen LogP contribution in [0.1, 0.15) is 10.5 Å². The fraction of sp³-hybridized carbons (Fsp3) is 0.125. The second-order valence-corrected chi connectivity index (χ2v) is 4.63. The van der Waals surface area contributed by atoms with Gasteiger partial charge in [-0.15, -0.1) is 5.10 Å². The summed E-state index contributed by atoms with van der Waals surface area (Å²) >= 11 is 0. The largest absolute Gasteiger partial charge is 0.493 e. The minimum atomic E-state index is 0.256. The standard InChI is InChI=1S/C16H14N4O3/c1-22-14-4-3-12(9-15(14)23-2)20-16(13(10-21)18-19-20)11-5-7-17-8-6-11/h3-10H,1-2H3. The molecule has 0 aliphatic carbocycles. The Hall–Kier alpha value is -3.22. The summed E-state index contributed by atoms with van der Waals surface area (Å²) in [5, 5.41) is 8.02. The van der Waals surface area contributed by atoms with Crippen LogP contribution in [0.3, 0.4) is 0 Å². The third-order valence-corrected chi connectivity index (χ3v) is 3.37. The van der Waals surface area contributed by atoms with Gasteiger partial charge < -0.3 is 9.47 Å². The maximum Gasteiger partial charge on any atom is 0.172 e. The minimum Gasteiger partial charge on any atom is -0.493 e. The first-order valence-corrected chi connectivity index (χ1v) is 6.82. The summed E-state index contributed by atoms with van der Waals surface area (Å²) in [4.78, 5) is 15.3. The predicted molar refractivity (Wildman–Crippen MR) is 83.1 cm³/mol. The van der Waals surface area contributed by atoms with E-state index in [-0.39, 0.29) is 5.69 Å². The molecule has 3 aromatic rings. The smallest absolute Gasteiger partial charge is 0.172 e. The average molecular weight is 310 g/mol. The molecule has 1 aromatic carbocycles. The van der Waals surface area contributed by atoms with Crippen LogP contribution in [0.2, 0.25) is 0 Å². The molecule has 0 saturated carbocycles. The zero-order chi connectivity index (χ0) is 16.2. The van der Waals surface area contributed by atoms with Crippen molar-refractivity contribution < 1.29 is 14.3 Å². The molecule has 2 aromatic heterocycles. The Labute approximate surface area is 132 Å². The van der Waals surface area contributed by atoms with Crippen LogP contribution in [0, 0.1) is 0 Å². The molecule has 0 unspecified atom stereocenters. The lowest BCUT2D eigenvalue weighted by Gasteiger charge is -2.11. The number of rotatable bonds is 5. The molecule has 0 saturated heterocycles. The normalized spacial score (nSPS) is 10.3. The van der Waals surface area contributed by atoms with Gasteiger partial charge in [-0.3, -0.25) is 9.78 Å². The third-order valence-electron chi connectivity index (χ3n) is 3.37. The van der Waals surface area contributed by atoms with Gasteiger partial charge in [-0.05, 0) is 24.3 Å². The Kier molecular flexibility index (Phi) is 4.01. The molecule has 0 N–H and O–H groups in total. The van der Waals surface area contributed by atoms with Gasteiger partial charge >= 0.3 is 0 Å². The lowest BCUT2D eigenvalue weighted by molar-refractivity contribution is 0.111. The Balaban J connectivity index is 2.18. The maximum absolute atomic E-state index is 11.3. The van der Waals surface area contributed by atoms with Gasteiger partial charge in [0.15, 0.2) is 23.5 Å². The van der Waals surface area contributed by atoms with E-state index in [4.69, 9.17) is 9.47 Å². The summed E-state index contributed by atoms with van der Waals surface area (Å²) in [6, 6.07) is 8.95. The highest BCUT2D eigenvalue weighted by atomic mass is 16.5. The third kappa shape index (κ3) is 2.64. The Morgan fingerprint density at radius 2 is 1.78 bits per heavy atom. The molecule has 0 aliphatic heterocycles. The zero-order valence-corrected chi connectivity index (χ0v) is 12.6. The van der Waals surface area contributed by atoms with Crippen LogP contribution in [0.4, 0.5) is 0 Å². The maximum atomic E-state index is 11.3. The number of aromatic nitrogens is 4. The number of methoxy groups -OCH3 is 2. The number of aldehydes is 1. The molecule has 0 bridgehead atoms. The molecule has 0 amide bonds. The highest BCUT2D eigenvalue weighted by Crippen LogP contribution is 2.31. The predicted octanol–water partition coefficient (Wildman–Crippen LogP) is 2.16. The zero-order valence-electron chi connectivity index (χ0n) is 12.6. The van der Waals surface area contributed by atoms with E-state index in [1.807, 2.05) is 6.07 Å². The Bertz CT molecular complexity index is 831. The topological polar surface area (TPSA) is 79.1 Å². The van der Waals surface area contributed by atoms with Crippen LogP contribution < -0.4 is 9.47 Å². The van der Waals surface area contributed by atoms with Gasteiger partial charge in [0.1, 0.15) is 5.69 Å². The van der Waals surface area contributed by atoms with Crippen molar-refractivity contribution in [3.63, 3.8) is 0 Å². The van der Waals surface area contributed by atoms with Crippen LogP contribution in [0.25, 0.3) is 16.9 Å². The number of benzene rings is 1. The van der Waals surface area contributed by atoms with Crippen LogP contribution in [0.15, 0.2) is 42.7 Å². The van der Waals surface area contributed by atoms with Gasteiger partial charge in [-0.25, -0.2) is 4.68 Å². The van der Waals surface area contributed by atoms with Crippen molar-refractivity contribution in [2.24, 2.45) is 0 Å². The molecule has 3 rings (SSSR count). The molecule has 0 atom stereocenters. The lowest BCUT2D eigenvalue weighted by atomic mass is 10.1. The van der Waals surface area contributed by atoms with Crippen LogP contribution in [-0.2, 0) is 0 Å². The van der Waals surface area contributed by atoms with Crippen molar-refractivity contribution in [3.8, 4) is 28.4 Å². The summed E-state index contributed by atoms with van der Waals surface area (Å²) in [6.07, 6.45) is 3.98. The number of carbonyl (C=O) groups is 1. The molecule has 0 aliphatic rings. The van der Waals surface area contributed by atoms with Gasteiger partial charge in [0.2, 0.25) is 0 Å². The molecule has 0 spiro atoms. The number of pyridine rings is 1. The molecule has 23 heavy (non-hydrogen) atoms. The molecular weight excluding hydrogens is 296 g/mol. The second kappa shape index (κ2) is 6.27. The van der Waals surface area contributed by atoms with E-state index in [2.05, 4.69) is 15.3 Å². The first kappa shape index (κ1) is 14.7. The summed E-state index contributed by atoms with van der Waals surface area (Å²) in [5.74, 6) is 1.17. The van der Waals surface area contributed by atoms with Gasteiger partial charge in [0, 0.05) is 24.0 Å². The van der Waals surface area contributed by atoms with E-state index in [0.29, 0.717) is 29.2 Å². The van der Waals surface area contributed by atoms with Gasteiger partial charge in [0.05, 0.1) is 19.9 Å². The quantitative estimate of drug-likeness (QED) is 0.672. The Morgan fingerprint density at radius 1 is 1.04 bits per heavy atom. The molecular formula is C16H14N4O3. The van der Waals surface area contributed by atoms with Crippen molar-refractivity contribution in [2.75, 3.05) is 14.2 Å². The van der Waals surface area contributed by atoms with E-state index in [1.165, 1.54) is 0 Å². The van der Waals surface area contributed by atoms with Crippen LogP contribution >= 0.6 is 0 Å². The molecule has 7 nitrogen and oxygen atoms in total. The lowest BCUT2D eigenvalue weighted by Crippen LogP contribution is -2.01. The van der Waals surface area contributed by atoms with Crippen molar-refractivity contribution >= 4 is 6.29 Å². The first-order valence-electron chi connectivity index (χ1n) is 6.82. The number of ether oxygens (including phenoxy) is 2. The molecule has 116 valence electrons. The van der Waals surface area contributed by atoms with Crippen molar-refractivity contribution in [2.45, 2.75) is 0 Å². The highest BCUT2D eigenvalue weighted by molar-refractivity contribution is 5.83. The molecule has 7 heteroatoms. The Morgan fingerprint density at radius 3 is 2.43 bits per heavy atom. The number of nitrogens with zero attached hydrogens (tertiary/aromatic N) is 4. The summed E-state index contributed by atoms with van der Waals surface area (Å²) in [5.41, 5.74) is 2.34. The minimum absolute atomic E-state index is 0.256. The van der Waals surface area contributed by atoms with Gasteiger partial charge in [-0.1, -0.05) is 5.21 Å². The molecule has 0 fully saturated rings. The summed E-state index contributed by atoms with van der Waals surface area (Å²) in [7, 11) is 3.13. The number of hydrogen-bond acceptors (Lipinski definition) is 6. The van der Waals surface area contributed by atoms with Gasteiger partial charge in [-0.2, -0.15) is 0 Å². The van der Waals surface area contributed by atoms with Crippen molar-refractivity contribution in [1.82, 2.24) is 20.0 Å². The summed E-state index contributed by atoms with van der Waals surface area (Å²) < 4.78 is 12.1. The van der Waals surface area contributed by atoms with E-state index in [9.17, 15) is 4.79 Å². The SMILES string of the molecule is COc1ccc(-n2nnc(C=O)c2-c2ccncc2)cc1OC. The van der Waals surface area contributed by atoms with Crippen LogP contribution in [-0.4, -0.2) is 40.5 Å². The highest BCUT2D eigenvalue weighted by Gasteiger charge is 2.17. The van der Waals surface area contributed by atoms with Crippen molar-refractivity contribution in [3.05, 3.63) is 48.4 Å². The summed E-state index contributed by atoms with van der Waals surface area (Å²) in [6.45, 7) is 0. The molecule has 0 radical (unpaired) electrons. The van der Waals surface area contributed by atoms with E-state index in [1.54, 1.807) is 55.6 Å². The van der Waals surface area contributed by atoms with E-state index in [0.717, 1.165) is 5.56 Å². The van der Waals surface area contributed by atoms with Crippen molar-refractivity contribution in [1.29, 1.82) is 0 Å². The van der Waals surface area contributed by atoms with E-state index >= 15 is 0 Å². The average Bonchev–Trinajstić information content (AvgIpc) is 3.05. The fourth-order valence-corrected chi connectivity index (χ4v) is 2.29. The fourth-order valence-electron chi connectivity index (χ4n) is 2.29.